The number of carbonyl (C=O) groups is 1. The van der Waals surface area contributed by atoms with E-state index in [4.69, 9.17) is 0 Å². The minimum Gasteiger partial charge on any atom is -0.352 e. The van der Waals surface area contributed by atoms with Crippen LogP contribution in [0.2, 0.25) is 0 Å². The van der Waals surface area contributed by atoms with E-state index in [2.05, 4.69) is 22.2 Å². The molecule has 30 heavy (non-hydrogen) atoms. The highest BCUT2D eigenvalue weighted by Crippen LogP contribution is 2.21. The molecule has 156 valence electrons. The van der Waals surface area contributed by atoms with Crippen LogP contribution in [0.3, 0.4) is 0 Å². The number of amides is 1. The quantitative estimate of drug-likeness (QED) is 0.526. The van der Waals surface area contributed by atoms with Crippen molar-refractivity contribution in [3.8, 4) is 0 Å². The molecule has 1 amide bonds. The Balaban J connectivity index is 1.59. The smallest absolute Gasteiger partial charge is 0.261 e. The number of carbonyl (C=O) groups excluding carboxylic acids is 1. The maximum absolute atomic E-state index is 12.6. The monoisotopic (exact) mass is 422 g/mol. The standard InChI is InChI=1S/C24H26N2O3S/c1-18-10-13-22(14-11-18)30(28,29)26-23-15-12-21(17-19(23)2)24(27)25-16-6-9-20-7-4-3-5-8-20/h3-5,7-8,10-15,17,26H,6,9,16H2,1-2H3,(H,25,27). The van der Waals surface area contributed by atoms with E-state index < -0.39 is 10.0 Å². The third-order valence-corrected chi connectivity index (χ3v) is 6.22. The summed E-state index contributed by atoms with van der Waals surface area (Å²) < 4.78 is 27.8. The minimum absolute atomic E-state index is 0.167. The van der Waals surface area contributed by atoms with Crippen LogP contribution in [0.25, 0.3) is 0 Å². The molecule has 0 aliphatic heterocycles. The van der Waals surface area contributed by atoms with Gasteiger partial charge in [-0.05, 0) is 68.1 Å². The fourth-order valence-corrected chi connectivity index (χ4v) is 4.21. The zero-order valence-corrected chi connectivity index (χ0v) is 18.0. The first kappa shape index (κ1) is 21.6. The van der Waals surface area contributed by atoms with Crippen LogP contribution < -0.4 is 10.0 Å². The van der Waals surface area contributed by atoms with Gasteiger partial charge in [-0.1, -0.05) is 48.0 Å². The summed E-state index contributed by atoms with van der Waals surface area (Å²) in [7, 11) is -3.68. The van der Waals surface area contributed by atoms with Crippen molar-refractivity contribution in [1.82, 2.24) is 5.32 Å². The van der Waals surface area contributed by atoms with E-state index in [0.29, 0.717) is 23.4 Å². The Morgan fingerprint density at radius 3 is 2.27 bits per heavy atom. The topological polar surface area (TPSA) is 75.3 Å². The van der Waals surface area contributed by atoms with Crippen LogP contribution in [0.1, 0.15) is 33.5 Å². The largest absolute Gasteiger partial charge is 0.352 e. The third kappa shape index (κ3) is 5.70. The number of rotatable bonds is 8. The number of sulfonamides is 1. The normalized spacial score (nSPS) is 11.1. The summed E-state index contributed by atoms with van der Waals surface area (Å²) in [6, 6.07) is 21.7. The van der Waals surface area contributed by atoms with Crippen molar-refractivity contribution in [3.05, 3.63) is 95.1 Å². The number of hydrogen-bond acceptors (Lipinski definition) is 3. The second kappa shape index (κ2) is 9.59. The molecule has 0 atom stereocenters. The van der Waals surface area contributed by atoms with Gasteiger partial charge in [0.15, 0.2) is 0 Å². The molecule has 0 fully saturated rings. The predicted octanol–water partition coefficient (Wildman–Crippen LogP) is 4.47. The Morgan fingerprint density at radius 1 is 0.900 bits per heavy atom. The summed E-state index contributed by atoms with van der Waals surface area (Å²) in [5.74, 6) is -0.167. The van der Waals surface area contributed by atoms with Crippen LogP contribution in [0.5, 0.6) is 0 Å². The minimum atomic E-state index is -3.68. The molecule has 0 saturated carbocycles. The van der Waals surface area contributed by atoms with Gasteiger partial charge in [-0.15, -0.1) is 0 Å². The molecule has 0 spiro atoms. The SMILES string of the molecule is Cc1ccc(S(=O)(=O)Nc2ccc(C(=O)NCCCc3ccccc3)cc2C)cc1. The van der Waals surface area contributed by atoms with Crippen LogP contribution in [0.4, 0.5) is 5.69 Å². The Bertz CT molecular complexity index is 1110. The molecule has 3 aromatic carbocycles. The molecule has 3 aromatic rings. The highest BCUT2D eigenvalue weighted by molar-refractivity contribution is 7.92. The summed E-state index contributed by atoms with van der Waals surface area (Å²) >= 11 is 0. The summed E-state index contributed by atoms with van der Waals surface area (Å²) in [5.41, 5.74) is 3.88. The van der Waals surface area contributed by atoms with Gasteiger partial charge in [0.25, 0.3) is 15.9 Å². The fourth-order valence-electron chi connectivity index (χ4n) is 3.08. The Morgan fingerprint density at radius 2 is 1.60 bits per heavy atom. The van der Waals surface area contributed by atoms with Gasteiger partial charge < -0.3 is 5.32 Å². The molecule has 0 aromatic heterocycles. The number of anilines is 1. The lowest BCUT2D eigenvalue weighted by molar-refractivity contribution is 0.0953. The molecule has 6 heteroatoms. The first-order valence-corrected chi connectivity index (χ1v) is 11.4. The molecule has 0 saturated heterocycles. The maximum atomic E-state index is 12.6. The molecule has 5 nitrogen and oxygen atoms in total. The molecule has 0 bridgehead atoms. The zero-order chi connectivity index (χ0) is 21.6. The lowest BCUT2D eigenvalue weighted by atomic mass is 10.1. The van der Waals surface area contributed by atoms with Crippen molar-refractivity contribution >= 4 is 21.6 Å². The maximum Gasteiger partial charge on any atom is 0.261 e. The summed E-state index contributed by atoms with van der Waals surface area (Å²) in [6.07, 6.45) is 1.75. The van der Waals surface area contributed by atoms with Crippen LogP contribution in [0.15, 0.2) is 77.7 Å². The molecular weight excluding hydrogens is 396 g/mol. The van der Waals surface area contributed by atoms with Gasteiger partial charge in [0.1, 0.15) is 0 Å². The highest BCUT2D eigenvalue weighted by atomic mass is 32.2. The van der Waals surface area contributed by atoms with Gasteiger partial charge in [-0.25, -0.2) is 8.42 Å². The Labute approximate surface area is 178 Å². The van der Waals surface area contributed by atoms with Crippen molar-refractivity contribution < 1.29 is 13.2 Å². The molecule has 0 aliphatic rings. The van der Waals surface area contributed by atoms with Crippen LogP contribution in [-0.4, -0.2) is 20.9 Å². The van der Waals surface area contributed by atoms with Crippen molar-refractivity contribution in [1.29, 1.82) is 0 Å². The lowest BCUT2D eigenvalue weighted by Crippen LogP contribution is -2.25. The van der Waals surface area contributed by atoms with Crippen molar-refractivity contribution in [2.75, 3.05) is 11.3 Å². The van der Waals surface area contributed by atoms with Gasteiger partial charge in [0, 0.05) is 12.1 Å². The number of benzene rings is 3. The molecular formula is C24H26N2O3S. The lowest BCUT2D eigenvalue weighted by Gasteiger charge is -2.12. The van der Waals surface area contributed by atoms with E-state index in [-0.39, 0.29) is 10.8 Å². The zero-order valence-electron chi connectivity index (χ0n) is 17.2. The molecule has 0 radical (unpaired) electrons. The Kier molecular flexibility index (Phi) is 6.90. The van der Waals surface area contributed by atoms with Gasteiger partial charge >= 0.3 is 0 Å². The van der Waals surface area contributed by atoms with Crippen LogP contribution >= 0.6 is 0 Å². The molecule has 0 aliphatic carbocycles. The van der Waals surface area contributed by atoms with E-state index in [0.717, 1.165) is 18.4 Å². The number of hydrogen-bond donors (Lipinski definition) is 2. The summed E-state index contributed by atoms with van der Waals surface area (Å²) in [6.45, 7) is 4.26. The number of aryl methyl sites for hydroxylation is 3. The molecule has 2 N–H and O–H groups in total. The van der Waals surface area contributed by atoms with Crippen LogP contribution in [0, 0.1) is 13.8 Å². The fraction of sp³-hybridized carbons (Fsp3) is 0.208. The molecule has 3 rings (SSSR count). The highest BCUT2D eigenvalue weighted by Gasteiger charge is 2.16. The van der Waals surface area contributed by atoms with Gasteiger partial charge in [0.05, 0.1) is 10.6 Å². The first-order valence-electron chi connectivity index (χ1n) is 9.87. The second-order valence-electron chi connectivity index (χ2n) is 7.29. The predicted molar refractivity (Wildman–Crippen MR) is 120 cm³/mol. The van der Waals surface area contributed by atoms with E-state index in [1.807, 2.05) is 25.1 Å². The van der Waals surface area contributed by atoms with E-state index in [1.165, 1.54) is 5.56 Å². The van der Waals surface area contributed by atoms with Crippen molar-refractivity contribution in [3.63, 3.8) is 0 Å². The number of nitrogens with one attached hydrogen (secondary N) is 2. The van der Waals surface area contributed by atoms with E-state index in [9.17, 15) is 13.2 Å². The average Bonchev–Trinajstić information content (AvgIpc) is 2.73. The van der Waals surface area contributed by atoms with Crippen molar-refractivity contribution in [2.24, 2.45) is 0 Å². The first-order chi connectivity index (χ1) is 14.3. The molecule has 0 unspecified atom stereocenters. The third-order valence-electron chi connectivity index (χ3n) is 4.83. The van der Waals surface area contributed by atoms with Gasteiger partial charge in [-0.2, -0.15) is 0 Å². The van der Waals surface area contributed by atoms with Crippen molar-refractivity contribution in [2.45, 2.75) is 31.6 Å². The summed E-state index contributed by atoms with van der Waals surface area (Å²) in [4.78, 5) is 12.6. The van der Waals surface area contributed by atoms with Gasteiger partial charge in [0.2, 0.25) is 0 Å². The van der Waals surface area contributed by atoms with Gasteiger partial charge in [-0.3, -0.25) is 9.52 Å². The average molecular weight is 423 g/mol. The van der Waals surface area contributed by atoms with Crippen LogP contribution in [-0.2, 0) is 16.4 Å². The second-order valence-corrected chi connectivity index (χ2v) is 8.98. The molecule has 0 heterocycles. The van der Waals surface area contributed by atoms with E-state index >= 15 is 0 Å². The summed E-state index contributed by atoms with van der Waals surface area (Å²) in [5, 5.41) is 2.92. The Hall–Kier alpha value is -3.12. The van der Waals surface area contributed by atoms with E-state index in [1.54, 1.807) is 49.4 Å².